The van der Waals surface area contributed by atoms with E-state index in [-0.39, 0.29) is 30.1 Å². The third kappa shape index (κ3) is 3.69. The zero-order chi connectivity index (χ0) is 18.0. The topological polar surface area (TPSA) is 46.6 Å². The molecule has 0 spiro atoms. The van der Waals surface area contributed by atoms with Gasteiger partial charge in [-0.15, -0.1) is 11.8 Å². The van der Waals surface area contributed by atoms with Gasteiger partial charge in [0.05, 0.1) is 29.7 Å². The van der Waals surface area contributed by atoms with Gasteiger partial charge in [0.25, 0.3) is 0 Å². The van der Waals surface area contributed by atoms with Crippen molar-refractivity contribution < 1.29 is 18.7 Å². The van der Waals surface area contributed by atoms with Crippen molar-refractivity contribution in [3.8, 4) is 0 Å². The first-order valence-corrected chi connectivity index (χ1v) is 8.91. The summed E-state index contributed by atoms with van der Waals surface area (Å²) >= 11 is 1.45. The summed E-state index contributed by atoms with van der Waals surface area (Å²) < 4.78 is 18.5. The molecule has 1 unspecified atom stereocenters. The summed E-state index contributed by atoms with van der Waals surface area (Å²) in [7, 11) is 0. The monoisotopic (exact) mass is 359 g/mol. The van der Waals surface area contributed by atoms with Crippen LogP contribution in [0, 0.1) is 5.82 Å². The number of amides is 1. The fourth-order valence-corrected chi connectivity index (χ4v) is 3.77. The number of anilines is 1. The first-order chi connectivity index (χ1) is 12.0. The highest BCUT2D eigenvalue weighted by Crippen LogP contribution is 2.40. The molecule has 6 heteroatoms. The number of hydrogen-bond donors (Lipinski definition) is 0. The maximum Gasteiger partial charge on any atom is 0.338 e. The molecule has 25 heavy (non-hydrogen) atoms. The summed E-state index contributed by atoms with van der Waals surface area (Å²) in [6.45, 7) is 4.12. The summed E-state index contributed by atoms with van der Waals surface area (Å²) in [5, 5.41) is -0.241. The molecule has 1 heterocycles. The van der Waals surface area contributed by atoms with E-state index in [4.69, 9.17) is 4.74 Å². The van der Waals surface area contributed by atoms with E-state index in [1.54, 1.807) is 36.1 Å². The number of esters is 1. The van der Waals surface area contributed by atoms with Crippen molar-refractivity contribution in [1.82, 2.24) is 0 Å². The molecule has 0 aliphatic carbocycles. The molecule has 0 bridgehead atoms. The van der Waals surface area contributed by atoms with Crippen LogP contribution in [0.15, 0.2) is 47.4 Å². The molecule has 0 N–H and O–H groups in total. The van der Waals surface area contributed by atoms with Crippen molar-refractivity contribution in [2.75, 3.05) is 11.5 Å². The highest BCUT2D eigenvalue weighted by atomic mass is 32.2. The Bertz CT molecular complexity index is 824. The van der Waals surface area contributed by atoms with Gasteiger partial charge in [-0.05, 0) is 49.7 Å². The number of ether oxygens (including phenoxy) is 1. The normalized spacial score (nSPS) is 16.5. The molecule has 2 aromatic carbocycles. The second-order valence-electron chi connectivity index (χ2n) is 5.72. The minimum atomic E-state index is -0.424. The van der Waals surface area contributed by atoms with Crippen molar-refractivity contribution in [2.24, 2.45) is 0 Å². The minimum Gasteiger partial charge on any atom is -0.462 e. The van der Waals surface area contributed by atoms with Gasteiger partial charge in [0.1, 0.15) is 5.82 Å². The van der Waals surface area contributed by atoms with Crippen LogP contribution in [-0.4, -0.2) is 23.7 Å². The van der Waals surface area contributed by atoms with Gasteiger partial charge in [-0.25, -0.2) is 9.18 Å². The lowest BCUT2D eigenvalue weighted by molar-refractivity contribution is -0.118. The van der Waals surface area contributed by atoms with Gasteiger partial charge < -0.3 is 9.64 Å². The van der Waals surface area contributed by atoms with Gasteiger partial charge in [0.15, 0.2) is 0 Å². The quantitative estimate of drug-likeness (QED) is 0.773. The second-order valence-corrected chi connectivity index (χ2v) is 7.10. The molecule has 1 amide bonds. The van der Waals surface area contributed by atoms with Gasteiger partial charge in [-0.1, -0.05) is 12.1 Å². The van der Waals surface area contributed by atoms with Crippen LogP contribution in [0.25, 0.3) is 0 Å². The number of carbonyl (C=O) groups excluding carboxylic acids is 2. The molecule has 3 rings (SSSR count). The van der Waals surface area contributed by atoms with Crippen molar-refractivity contribution >= 4 is 29.3 Å². The fourth-order valence-electron chi connectivity index (χ4n) is 2.73. The Balaban J connectivity index is 1.99. The van der Waals surface area contributed by atoms with Crippen LogP contribution in [0.4, 0.5) is 10.1 Å². The Labute approximate surface area is 150 Å². The lowest BCUT2D eigenvalue weighted by atomic mass is 10.1. The van der Waals surface area contributed by atoms with Gasteiger partial charge >= 0.3 is 5.97 Å². The Morgan fingerprint density at radius 1 is 1.28 bits per heavy atom. The molecule has 1 aliphatic rings. The molecule has 0 aromatic heterocycles. The summed E-state index contributed by atoms with van der Waals surface area (Å²) in [5.74, 6) is -0.834. The molecule has 130 valence electrons. The average Bonchev–Trinajstić information content (AvgIpc) is 2.59. The minimum absolute atomic E-state index is 0.0669. The smallest absolute Gasteiger partial charge is 0.338 e. The van der Waals surface area contributed by atoms with E-state index in [2.05, 4.69) is 0 Å². The van der Waals surface area contributed by atoms with Gasteiger partial charge in [-0.2, -0.15) is 0 Å². The predicted octanol–water partition coefficient (Wildman–Crippen LogP) is 4.03. The number of thioether (sulfide) groups is 1. The van der Waals surface area contributed by atoms with E-state index in [0.717, 1.165) is 4.90 Å². The van der Waals surface area contributed by atoms with Crippen LogP contribution >= 0.6 is 11.8 Å². The number of fused-ring (bicyclic) bond motifs is 1. The molecule has 0 radical (unpaired) electrons. The fraction of sp³-hybridized carbons (Fsp3) is 0.263. The van der Waals surface area contributed by atoms with Crippen LogP contribution in [0.1, 0.15) is 29.8 Å². The van der Waals surface area contributed by atoms with Crippen molar-refractivity contribution in [2.45, 2.75) is 30.5 Å². The molecule has 0 fully saturated rings. The molecule has 0 saturated carbocycles. The molecule has 2 aromatic rings. The van der Waals surface area contributed by atoms with Gasteiger partial charge in [0, 0.05) is 4.90 Å². The van der Waals surface area contributed by atoms with Crippen LogP contribution in [0.2, 0.25) is 0 Å². The van der Waals surface area contributed by atoms with Crippen molar-refractivity contribution in [3.05, 3.63) is 59.4 Å². The highest BCUT2D eigenvalue weighted by Gasteiger charge is 2.31. The Hall–Kier alpha value is -2.34. The maximum absolute atomic E-state index is 13.5. The zero-order valence-corrected chi connectivity index (χ0v) is 14.8. The average molecular weight is 359 g/mol. The zero-order valence-electron chi connectivity index (χ0n) is 14.0. The van der Waals surface area contributed by atoms with Crippen LogP contribution in [0.3, 0.4) is 0 Å². The summed E-state index contributed by atoms with van der Waals surface area (Å²) in [6.07, 6.45) is 0. The SMILES string of the molecule is CCOC(=O)c1ccc2c(c1)N(Cc1cccc(F)c1)C(=O)C(C)S2. The second kappa shape index (κ2) is 7.27. The molecule has 0 saturated heterocycles. The number of hydrogen-bond acceptors (Lipinski definition) is 4. The van der Waals surface area contributed by atoms with E-state index >= 15 is 0 Å². The number of nitrogens with zero attached hydrogens (tertiary/aromatic N) is 1. The number of carbonyl (C=O) groups is 2. The third-order valence-corrected chi connectivity index (χ3v) is 5.06. The summed E-state index contributed by atoms with van der Waals surface area (Å²) in [5.41, 5.74) is 1.75. The molecule has 1 aliphatic heterocycles. The summed E-state index contributed by atoms with van der Waals surface area (Å²) in [6, 6.07) is 11.4. The lowest BCUT2D eigenvalue weighted by Crippen LogP contribution is -2.39. The Kier molecular flexibility index (Phi) is 5.08. The van der Waals surface area contributed by atoms with E-state index in [1.807, 2.05) is 13.0 Å². The summed E-state index contributed by atoms with van der Waals surface area (Å²) in [4.78, 5) is 27.2. The van der Waals surface area contributed by atoms with Crippen LogP contribution in [0.5, 0.6) is 0 Å². The Morgan fingerprint density at radius 3 is 2.80 bits per heavy atom. The third-order valence-electron chi connectivity index (χ3n) is 3.91. The van der Waals surface area contributed by atoms with E-state index in [0.29, 0.717) is 16.8 Å². The van der Waals surface area contributed by atoms with Crippen molar-refractivity contribution in [3.63, 3.8) is 0 Å². The van der Waals surface area contributed by atoms with Crippen LogP contribution in [-0.2, 0) is 16.1 Å². The number of halogens is 1. The van der Waals surface area contributed by atoms with Crippen LogP contribution < -0.4 is 4.90 Å². The highest BCUT2D eigenvalue weighted by molar-refractivity contribution is 8.00. The first-order valence-electron chi connectivity index (χ1n) is 8.03. The standard InChI is InChI=1S/C19H18FNO3S/c1-3-24-19(23)14-7-8-17-16(10-14)21(18(22)12(2)25-17)11-13-5-4-6-15(20)9-13/h4-10,12H,3,11H2,1-2H3. The van der Waals surface area contributed by atoms with Gasteiger partial charge in [-0.3, -0.25) is 4.79 Å². The predicted molar refractivity (Wildman–Crippen MR) is 95.3 cm³/mol. The van der Waals surface area contributed by atoms with E-state index in [1.165, 1.54) is 23.9 Å². The largest absolute Gasteiger partial charge is 0.462 e. The number of rotatable bonds is 4. The Morgan fingerprint density at radius 2 is 2.08 bits per heavy atom. The molecular weight excluding hydrogens is 341 g/mol. The molecular formula is C19H18FNO3S. The molecule has 4 nitrogen and oxygen atoms in total. The van der Waals surface area contributed by atoms with Gasteiger partial charge in [0.2, 0.25) is 5.91 Å². The first kappa shape index (κ1) is 17.5. The van der Waals surface area contributed by atoms with E-state index < -0.39 is 5.97 Å². The lowest BCUT2D eigenvalue weighted by Gasteiger charge is -2.32. The molecule has 1 atom stereocenters. The number of benzene rings is 2. The van der Waals surface area contributed by atoms with Crippen molar-refractivity contribution in [1.29, 1.82) is 0 Å². The maximum atomic E-state index is 13.5. The van der Waals surface area contributed by atoms with E-state index in [9.17, 15) is 14.0 Å².